The first kappa shape index (κ1) is 19.0. The minimum atomic E-state index is -0.662. The number of rotatable bonds is 2. The quantitative estimate of drug-likeness (QED) is 0.478. The third-order valence-corrected chi connectivity index (χ3v) is 5.92. The smallest absolute Gasteiger partial charge is 0.333 e. The van der Waals surface area contributed by atoms with Crippen LogP contribution in [0.5, 0.6) is 23.1 Å². The zero-order chi connectivity index (χ0) is 21.9. The molecule has 5 rings (SSSR count). The maximum Gasteiger partial charge on any atom is 0.333 e. The molecule has 0 spiro atoms. The maximum atomic E-state index is 13.3. The summed E-state index contributed by atoms with van der Waals surface area (Å²) in [6.45, 7) is 0. The van der Waals surface area contributed by atoms with Gasteiger partial charge in [0, 0.05) is 25.2 Å². The van der Waals surface area contributed by atoms with E-state index in [0.717, 1.165) is 20.9 Å². The minimum Gasteiger partial charge on any atom is -0.504 e. The van der Waals surface area contributed by atoms with Gasteiger partial charge >= 0.3 is 5.69 Å². The highest BCUT2D eigenvalue weighted by atomic mass is 16.5. The number of para-hydroxylation sites is 1. The molecular formula is C24H20N2O5. The molecule has 2 heterocycles. The summed E-state index contributed by atoms with van der Waals surface area (Å²) in [6, 6.07) is 16.7. The van der Waals surface area contributed by atoms with E-state index >= 15 is 0 Å². The Morgan fingerprint density at radius 2 is 1.71 bits per heavy atom. The van der Waals surface area contributed by atoms with Crippen molar-refractivity contribution in [2.75, 3.05) is 7.11 Å². The second-order valence-electron chi connectivity index (χ2n) is 7.56. The topological polar surface area (TPSA) is 82.7 Å². The molecule has 1 aliphatic heterocycles. The van der Waals surface area contributed by atoms with Gasteiger partial charge in [0.1, 0.15) is 5.75 Å². The van der Waals surface area contributed by atoms with Gasteiger partial charge in [-0.2, -0.15) is 0 Å². The molecule has 1 unspecified atom stereocenters. The van der Waals surface area contributed by atoms with Crippen LogP contribution < -0.4 is 20.7 Å². The Labute approximate surface area is 177 Å². The Kier molecular flexibility index (Phi) is 4.15. The van der Waals surface area contributed by atoms with Gasteiger partial charge in [0.2, 0.25) is 5.88 Å². The Morgan fingerprint density at radius 3 is 2.48 bits per heavy atom. The van der Waals surface area contributed by atoms with Crippen LogP contribution in [0.25, 0.3) is 10.8 Å². The molecule has 0 bridgehead atoms. The van der Waals surface area contributed by atoms with Gasteiger partial charge < -0.3 is 14.6 Å². The van der Waals surface area contributed by atoms with E-state index in [-0.39, 0.29) is 17.2 Å². The summed E-state index contributed by atoms with van der Waals surface area (Å²) in [6.07, 6.45) is 0. The molecule has 4 aromatic rings. The lowest BCUT2D eigenvalue weighted by molar-refractivity contribution is 0.367. The van der Waals surface area contributed by atoms with Crippen LogP contribution in [0.3, 0.4) is 0 Å². The highest BCUT2D eigenvalue weighted by Gasteiger charge is 2.37. The lowest BCUT2D eigenvalue weighted by atomic mass is 9.81. The highest BCUT2D eigenvalue weighted by Crippen LogP contribution is 2.51. The Bertz CT molecular complexity index is 1480. The van der Waals surface area contributed by atoms with E-state index in [2.05, 4.69) is 0 Å². The fraction of sp³-hybridized carbons (Fsp3) is 0.167. The van der Waals surface area contributed by atoms with Gasteiger partial charge in [-0.15, -0.1) is 0 Å². The van der Waals surface area contributed by atoms with E-state index in [1.807, 2.05) is 36.4 Å². The molecular weight excluding hydrogens is 396 g/mol. The summed E-state index contributed by atoms with van der Waals surface area (Å²) < 4.78 is 13.8. The van der Waals surface area contributed by atoms with E-state index in [9.17, 15) is 14.7 Å². The highest BCUT2D eigenvalue weighted by molar-refractivity contribution is 5.90. The second-order valence-corrected chi connectivity index (χ2v) is 7.56. The fourth-order valence-electron chi connectivity index (χ4n) is 4.38. The normalized spacial score (nSPS) is 14.6. The van der Waals surface area contributed by atoms with Gasteiger partial charge in [0.15, 0.2) is 11.5 Å². The van der Waals surface area contributed by atoms with Crippen molar-refractivity contribution < 1.29 is 14.6 Å². The molecule has 3 aromatic carbocycles. The number of hydrogen-bond acceptors (Lipinski definition) is 5. The molecule has 31 heavy (non-hydrogen) atoms. The molecule has 0 saturated carbocycles. The number of phenolic OH excluding ortho intramolecular Hbond substituents is 1. The van der Waals surface area contributed by atoms with Crippen LogP contribution in [0.15, 0.2) is 64.2 Å². The Balaban J connectivity index is 1.97. The average molecular weight is 416 g/mol. The Hall–Kier alpha value is -4.00. The molecule has 156 valence electrons. The van der Waals surface area contributed by atoms with Crippen LogP contribution in [0.1, 0.15) is 22.6 Å². The van der Waals surface area contributed by atoms with Crippen LogP contribution >= 0.6 is 0 Å². The van der Waals surface area contributed by atoms with Crippen LogP contribution in [-0.4, -0.2) is 21.4 Å². The van der Waals surface area contributed by atoms with Crippen LogP contribution in [0, 0.1) is 0 Å². The molecule has 1 atom stereocenters. The predicted octanol–water partition coefficient (Wildman–Crippen LogP) is 3.24. The van der Waals surface area contributed by atoms with Crippen LogP contribution in [0.4, 0.5) is 0 Å². The van der Waals surface area contributed by atoms with Crippen LogP contribution in [0.2, 0.25) is 0 Å². The number of phenols is 1. The number of aromatic hydroxyl groups is 1. The molecule has 1 N–H and O–H groups in total. The van der Waals surface area contributed by atoms with Gasteiger partial charge in [0.05, 0.1) is 18.6 Å². The molecule has 1 aliphatic rings. The summed E-state index contributed by atoms with van der Waals surface area (Å²) in [5.41, 5.74) is 0.588. The number of nitrogens with zero attached hydrogens (tertiary/aromatic N) is 2. The average Bonchev–Trinajstić information content (AvgIpc) is 2.80. The van der Waals surface area contributed by atoms with Gasteiger partial charge in [0.25, 0.3) is 5.56 Å². The molecule has 0 amide bonds. The number of benzene rings is 3. The third kappa shape index (κ3) is 2.59. The van der Waals surface area contributed by atoms with Crippen molar-refractivity contribution in [2.24, 2.45) is 14.1 Å². The van der Waals surface area contributed by atoms with Crippen molar-refractivity contribution in [3.05, 3.63) is 92.1 Å². The number of hydrogen-bond donors (Lipinski definition) is 1. The van der Waals surface area contributed by atoms with Gasteiger partial charge in [-0.3, -0.25) is 13.9 Å². The maximum absolute atomic E-state index is 13.3. The van der Waals surface area contributed by atoms with Crippen molar-refractivity contribution in [3.8, 4) is 23.1 Å². The van der Waals surface area contributed by atoms with E-state index in [1.165, 1.54) is 18.7 Å². The molecule has 7 nitrogen and oxygen atoms in total. The van der Waals surface area contributed by atoms with E-state index in [1.54, 1.807) is 25.2 Å². The largest absolute Gasteiger partial charge is 0.504 e. The first-order chi connectivity index (χ1) is 14.9. The van der Waals surface area contributed by atoms with Crippen molar-refractivity contribution in [2.45, 2.75) is 5.92 Å². The fourth-order valence-corrected chi connectivity index (χ4v) is 4.38. The standard InChI is InChI=1S/C24H20N2O5/c1-25-22(28)20-19(15-9-6-10-17(30-3)21(15)27)18-14-8-5-4-7-13(14)11-12-16(18)31-23(20)26(2)24(25)29/h4-12,19,27H,1-3H3. The van der Waals surface area contributed by atoms with Gasteiger partial charge in [-0.05, 0) is 22.9 Å². The molecule has 7 heteroatoms. The number of methoxy groups -OCH3 is 1. The van der Waals surface area contributed by atoms with Gasteiger partial charge in [-0.1, -0.05) is 42.5 Å². The van der Waals surface area contributed by atoms with Crippen molar-refractivity contribution in [1.82, 2.24) is 9.13 Å². The van der Waals surface area contributed by atoms with Crippen molar-refractivity contribution >= 4 is 10.8 Å². The first-order valence-corrected chi connectivity index (χ1v) is 9.79. The lowest BCUT2D eigenvalue weighted by Gasteiger charge is -2.31. The molecule has 0 fully saturated rings. The van der Waals surface area contributed by atoms with Gasteiger partial charge in [-0.25, -0.2) is 4.79 Å². The zero-order valence-electron chi connectivity index (χ0n) is 17.2. The number of fused-ring (bicyclic) bond motifs is 4. The van der Waals surface area contributed by atoms with E-state index < -0.39 is 17.2 Å². The van der Waals surface area contributed by atoms with Crippen LogP contribution in [-0.2, 0) is 14.1 Å². The molecule has 0 aliphatic carbocycles. The molecule has 0 saturated heterocycles. The minimum absolute atomic E-state index is 0.0577. The van der Waals surface area contributed by atoms with E-state index in [0.29, 0.717) is 17.1 Å². The number of ether oxygens (including phenoxy) is 2. The third-order valence-electron chi connectivity index (χ3n) is 5.92. The Morgan fingerprint density at radius 1 is 0.935 bits per heavy atom. The first-order valence-electron chi connectivity index (χ1n) is 9.79. The number of aromatic nitrogens is 2. The predicted molar refractivity (Wildman–Crippen MR) is 117 cm³/mol. The molecule has 1 aromatic heterocycles. The second kappa shape index (κ2) is 6.77. The summed E-state index contributed by atoms with van der Waals surface area (Å²) >= 11 is 0. The zero-order valence-corrected chi connectivity index (χ0v) is 17.2. The SMILES string of the molecule is COc1cccc(C2c3c(n(C)c(=O)n(C)c3=O)Oc3ccc4ccccc4c32)c1O. The molecule has 0 radical (unpaired) electrons. The van der Waals surface area contributed by atoms with Crippen molar-refractivity contribution in [3.63, 3.8) is 0 Å². The lowest BCUT2D eigenvalue weighted by Crippen LogP contribution is -2.41. The summed E-state index contributed by atoms with van der Waals surface area (Å²) in [5.74, 6) is 0.279. The van der Waals surface area contributed by atoms with E-state index in [4.69, 9.17) is 9.47 Å². The summed E-state index contributed by atoms with van der Waals surface area (Å²) in [5, 5.41) is 12.9. The van der Waals surface area contributed by atoms with Crippen molar-refractivity contribution in [1.29, 1.82) is 0 Å². The summed E-state index contributed by atoms with van der Waals surface area (Å²) in [4.78, 5) is 25.9. The summed E-state index contributed by atoms with van der Waals surface area (Å²) in [7, 11) is 4.48. The monoisotopic (exact) mass is 416 g/mol.